The van der Waals surface area contributed by atoms with Crippen molar-refractivity contribution in [3.05, 3.63) is 143 Å². The fourth-order valence-electron chi connectivity index (χ4n) is 20.2. The molecule has 5 fully saturated rings. The highest BCUT2D eigenvalue weighted by Crippen LogP contribution is 2.41. The second kappa shape index (κ2) is 48.6. The number of nitrogen functional groups attached to an aromatic ring is 2. The molecule has 2 bridgehead atoms. The van der Waals surface area contributed by atoms with Gasteiger partial charge in [-0.15, -0.1) is 0 Å². The Morgan fingerprint density at radius 3 is 2.18 bits per heavy atom. The average Bonchev–Trinajstić information content (AvgIpc) is 1.73. The molecule has 37 nitrogen and oxygen atoms in total. The Balaban J connectivity index is 0.000000286. The van der Waals surface area contributed by atoms with Crippen LogP contribution in [0, 0.1) is 35.5 Å². The van der Waals surface area contributed by atoms with Crippen LogP contribution in [0.3, 0.4) is 0 Å². The van der Waals surface area contributed by atoms with Crippen molar-refractivity contribution in [1.82, 2.24) is 64.3 Å². The van der Waals surface area contributed by atoms with Crippen molar-refractivity contribution in [3.63, 3.8) is 0 Å². The Morgan fingerprint density at radius 1 is 0.719 bits per heavy atom. The van der Waals surface area contributed by atoms with Gasteiger partial charge in [0, 0.05) is 161 Å². The lowest BCUT2D eigenvalue weighted by atomic mass is 9.78. The summed E-state index contributed by atoms with van der Waals surface area (Å²) < 4.78 is 55.2. The van der Waals surface area contributed by atoms with Gasteiger partial charge in [0.25, 0.3) is 23.6 Å². The van der Waals surface area contributed by atoms with Gasteiger partial charge in [-0.05, 0) is 174 Å². The van der Waals surface area contributed by atoms with Crippen LogP contribution in [0.15, 0.2) is 120 Å². The van der Waals surface area contributed by atoms with E-state index < -0.39 is 114 Å². The number of hydrogen-bond donors (Lipinski definition) is 5. The predicted molar refractivity (Wildman–Crippen MR) is 519 cm³/mol. The molecule has 4 saturated heterocycles. The van der Waals surface area contributed by atoms with Crippen molar-refractivity contribution >= 4 is 93.1 Å². The summed E-state index contributed by atoms with van der Waals surface area (Å²) in [6.45, 7) is 24.8. The zero-order chi connectivity index (χ0) is 99.5. The van der Waals surface area contributed by atoms with E-state index in [2.05, 4.69) is 69.8 Å². The summed E-state index contributed by atoms with van der Waals surface area (Å²) in [4.78, 5) is 152. The summed E-state index contributed by atoms with van der Waals surface area (Å²) >= 11 is 0. The predicted octanol–water partition coefficient (Wildman–Crippen LogP) is 10.1. The van der Waals surface area contributed by atoms with E-state index in [4.69, 9.17) is 58.9 Å². The van der Waals surface area contributed by atoms with Gasteiger partial charge in [-0.25, -0.2) is 44.2 Å². The van der Waals surface area contributed by atoms with E-state index in [0.29, 0.717) is 159 Å². The number of aromatic nitrogens is 9. The van der Waals surface area contributed by atoms with Gasteiger partial charge in [-0.3, -0.25) is 28.8 Å². The van der Waals surface area contributed by atoms with Crippen LogP contribution in [0.5, 0.6) is 0 Å². The van der Waals surface area contributed by atoms with Gasteiger partial charge < -0.3 is 98.5 Å². The van der Waals surface area contributed by atoms with Crippen LogP contribution >= 0.6 is 0 Å². The molecule has 0 unspecified atom stereocenters. The number of carboxylic acid groups (broad SMARTS) is 1. The highest BCUT2D eigenvalue weighted by Gasteiger charge is 2.54. The summed E-state index contributed by atoms with van der Waals surface area (Å²) in [6.07, 6.45) is 20.2. The third-order valence-corrected chi connectivity index (χ3v) is 28.6. The number of carbonyl (C=O) groups is 8. The van der Waals surface area contributed by atoms with Crippen molar-refractivity contribution in [2.45, 2.75) is 245 Å². The topological polar surface area (TPSA) is 464 Å². The second-order valence-electron chi connectivity index (χ2n) is 38.2. The molecule has 17 atom stereocenters. The smallest absolute Gasteiger partial charge is 0.329 e. The molecule has 7 N–H and O–H groups in total. The molecule has 1 saturated carbocycles. The SMILES string of the molecule is CCN1CCN(c2ncc(C(=O)N3CCc4cc(Cn5nc(-c6ccc7oc(N)nc7c6)c6c(N)ncnc65)ccc4C3)cn2)CC1.CCOCCC(=O)N1CCN(c2ncc(CCC(=O)O[C@@H]3CC[C@@H](C[C@@H](C)[C@@H]4C[C@@H](OC)[C@H](C)/C=C(\C)[C@@H](O)[C@@H](OC)C(=O)[C@H](C)C[C@H](C)/C=C/C=C/C=C(\C)[C@@H](OC)C[C@@H]5CC[C@@H](C)[C@@](O)(O5)C(=O)C(=O)N5CCCC[C@H]5C(=O)O4)C[C@H]3OC)cn2)C[C@@H]1C(=O)O. The molecule has 14 rings (SSSR count). The van der Waals surface area contributed by atoms with Crippen molar-refractivity contribution in [2.24, 2.45) is 35.5 Å². The molecule has 1 aliphatic carbocycles. The minimum atomic E-state index is -2.46. The number of aliphatic carboxylic acids is 1. The number of carboxylic acids is 1. The van der Waals surface area contributed by atoms with Gasteiger partial charge in [-0.1, -0.05) is 96.2 Å². The first kappa shape index (κ1) is 105. The summed E-state index contributed by atoms with van der Waals surface area (Å²) in [7, 11) is 6.13. The van der Waals surface area contributed by atoms with Crippen LogP contribution in [0.4, 0.5) is 23.7 Å². The van der Waals surface area contributed by atoms with E-state index in [9.17, 15) is 53.7 Å². The number of aryl methyl sites for hydroxylation is 1. The molecule has 7 aliphatic rings. The van der Waals surface area contributed by atoms with E-state index in [1.807, 2.05) is 106 Å². The van der Waals surface area contributed by atoms with Crippen molar-refractivity contribution in [2.75, 3.05) is 128 Å². The Bertz CT molecular complexity index is 5530. The molecule has 11 heterocycles. The summed E-state index contributed by atoms with van der Waals surface area (Å²) in [5.74, 6) is -7.94. The zero-order valence-corrected chi connectivity index (χ0v) is 82.4. The third-order valence-electron chi connectivity index (χ3n) is 28.6. The first-order valence-electron chi connectivity index (χ1n) is 49.0. The Morgan fingerprint density at radius 2 is 1.46 bits per heavy atom. The quantitative estimate of drug-likeness (QED) is 0.0172. The number of nitrogens with zero attached hydrogens (tertiary/aromatic N) is 15. The molecule has 37 heteroatoms. The minimum Gasteiger partial charge on any atom is -0.480 e. The lowest BCUT2D eigenvalue weighted by Gasteiger charge is -2.43. The lowest BCUT2D eigenvalue weighted by Crippen LogP contribution is -2.61. The number of allylic oxidation sites excluding steroid dienone is 5. The number of aliphatic hydroxyl groups is 2. The van der Waals surface area contributed by atoms with E-state index >= 15 is 0 Å². The number of esters is 2. The summed E-state index contributed by atoms with van der Waals surface area (Å²) in [5, 5.41) is 39.5. The lowest BCUT2D eigenvalue weighted by molar-refractivity contribution is -0.265. The van der Waals surface area contributed by atoms with Gasteiger partial charge in [0.15, 0.2) is 17.0 Å². The normalized spacial score (nSPS) is 28.1. The highest BCUT2D eigenvalue weighted by molar-refractivity contribution is 6.39. The molecule has 3 amide bonds. The second-order valence-corrected chi connectivity index (χ2v) is 38.2. The third kappa shape index (κ3) is 26.1. The maximum atomic E-state index is 14.9. The number of anilines is 4. The number of ether oxygens (including phenoxy) is 8. The number of ketones is 2. The number of methoxy groups -OCH3 is 4. The van der Waals surface area contributed by atoms with Crippen LogP contribution < -0.4 is 21.3 Å². The Labute approximate surface area is 812 Å². The number of likely N-dealkylation sites (N-methyl/N-ethyl adjacent to an activating group) is 1. The average molecular weight is 1920 g/mol. The number of Topliss-reactive ketones (excluding diaryl/α,β-unsaturated/α-hetero) is 2. The molecule has 752 valence electrons. The molecule has 139 heavy (non-hydrogen) atoms. The standard InChI is InChI=1S/C69H105N5O18.C33H34N12O2/c1-13-89-32-28-59(75)73-31-30-72(41-53(73)66(81)82)68-70-39-50(40-71-68)24-27-60(76)90-54-26-23-49(36-58(54)87-11)35-45(5)57-38-56(86-10)44(4)34-47(7)62(78)63(88-12)61(77)46(6)33-42(2)19-15-14-16-20-43(3)55(85-9)37-51-25-22-48(8)69(84,92-51)64(79)65(80)74-29-18-17-21-52(74)67(83)91-57;1-2-42-9-11-43(12-10-42)33-36-15-24(16-37-33)31(46)44-8-7-21-13-20(3-4-23(21)18-44)17-45-30-27(29(34)38-19-39-30)28(41-45)22-5-6-26-25(14-22)40-32(35)47-26/h14-16,19-20,34,39-40,42,44-46,48-49,51-58,62-63,78,84H,13,17-18,21-33,35-38,41H2,1-12H3,(H,81,82);3-6,13-16,19H,2,7-12,17-18H2,1H3,(H2,35,40)(H2,34,38,39)/b16-14+,19-15+,43-20+,47-34+;/t42-,44-,45-,46-,48-,49+,51+,52+,53-,54-,55+,56-,57+,58-,62-,63+,69-;/m1./s1. The maximum absolute atomic E-state index is 14.9. The van der Waals surface area contributed by atoms with Gasteiger partial charge in [0.2, 0.25) is 23.6 Å². The number of piperidine rings is 1. The molecule has 5 aromatic heterocycles. The molecule has 2 aromatic carbocycles. The first-order chi connectivity index (χ1) is 66.8. The monoisotopic (exact) mass is 1920 g/mol. The Hall–Kier alpha value is -11.4. The van der Waals surface area contributed by atoms with Gasteiger partial charge >= 0.3 is 17.9 Å². The number of amides is 3. The summed E-state index contributed by atoms with van der Waals surface area (Å²) in [5.41, 5.74) is 21.4. The van der Waals surface area contributed by atoms with Crippen LogP contribution in [0.2, 0.25) is 0 Å². The van der Waals surface area contributed by atoms with E-state index in [-0.39, 0.29) is 99.7 Å². The van der Waals surface area contributed by atoms with Gasteiger partial charge in [-0.2, -0.15) is 10.1 Å². The Kier molecular flexibility index (Phi) is 36.7. The van der Waals surface area contributed by atoms with Crippen LogP contribution in [-0.2, 0) is 97.4 Å². The fourth-order valence-corrected chi connectivity index (χ4v) is 20.2. The zero-order valence-electron chi connectivity index (χ0n) is 82.4. The number of benzene rings is 2. The molecule has 0 radical (unpaired) electrons. The van der Waals surface area contributed by atoms with Crippen LogP contribution in [0.1, 0.15) is 185 Å². The van der Waals surface area contributed by atoms with E-state index in [0.717, 1.165) is 61.4 Å². The minimum absolute atomic E-state index is 0.00857. The van der Waals surface area contributed by atoms with Crippen molar-refractivity contribution in [3.8, 4) is 11.3 Å². The molecular formula is C102H139N17O20. The van der Waals surface area contributed by atoms with Crippen molar-refractivity contribution in [1.29, 1.82) is 0 Å². The van der Waals surface area contributed by atoms with Gasteiger partial charge in [0.05, 0.1) is 61.5 Å². The number of nitrogens with two attached hydrogens (primary N) is 2. The highest BCUT2D eigenvalue weighted by atomic mass is 16.6. The summed E-state index contributed by atoms with van der Waals surface area (Å²) in [6, 6.07) is 9.82. The van der Waals surface area contributed by atoms with Crippen molar-refractivity contribution < 1.29 is 96.0 Å². The number of aliphatic hydroxyl groups excluding tert-OH is 1. The van der Waals surface area contributed by atoms with E-state index in [1.54, 1.807) is 64.9 Å². The van der Waals surface area contributed by atoms with Gasteiger partial charge in [0.1, 0.15) is 59.9 Å². The molecule has 6 aliphatic heterocycles. The maximum Gasteiger partial charge on any atom is 0.329 e. The van der Waals surface area contributed by atoms with E-state index in [1.165, 1.54) is 28.8 Å². The largest absolute Gasteiger partial charge is 0.480 e. The molecule has 0 spiro atoms. The molecule has 7 aromatic rings. The number of oxazole rings is 1. The number of cyclic esters (lactones) is 1. The van der Waals surface area contributed by atoms with Crippen LogP contribution in [-0.4, -0.2) is 301 Å². The number of hydrogen-bond acceptors (Lipinski definition) is 32. The number of rotatable bonds is 23. The number of carbonyl (C=O) groups excluding carboxylic acids is 7. The fraction of sp³-hybridized carbons (Fsp3) is 0.588. The first-order valence-corrected chi connectivity index (χ1v) is 49.0. The van der Waals surface area contributed by atoms with Crippen LogP contribution in [0.25, 0.3) is 33.4 Å². The molecular weight excluding hydrogens is 1780 g/mol. The number of fused-ring (bicyclic) bond motifs is 6. The number of piperazine rings is 2.